The minimum absolute atomic E-state index is 0.142. The molecule has 1 aromatic rings. The Balaban J connectivity index is 1.89. The number of nitrogens with zero attached hydrogens (tertiary/aromatic N) is 2. The van der Waals surface area contributed by atoms with Gasteiger partial charge in [0.2, 0.25) is 0 Å². The van der Waals surface area contributed by atoms with Gasteiger partial charge in [0.05, 0.1) is 30.0 Å². The third-order valence-electron chi connectivity index (χ3n) is 3.50. The van der Waals surface area contributed by atoms with Gasteiger partial charge in [0, 0.05) is 12.5 Å². The van der Waals surface area contributed by atoms with Crippen molar-refractivity contribution in [3.05, 3.63) is 16.0 Å². The summed E-state index contributed by atoms with van der Waals surface area (Å²) in [5.74, 6) is 2.19. The first-order valence-electron chi connectivity index (χ1n) is 7.30. The van der Waals surface area contributed by atoms with Crippen LogP contribution in [0.4, 0.5) is 5.82 Å². The van der Waals surface area contributed by atoms with E-state index in [0.717, 1.165) is 34.8 Å². The maximum absolute atomic E-state index is 5.73. The molecule has 1 aliphatic heterocycles. The number of aromatic nitrogens is 2. The van der Waals surface area contributed by atoms with Crippen LogP contribution in [0.25, 0.3) is 0 Å². The Bertz CT molecular complexity index is 474. The van der Waals surface area contributed by atoms with Gasteiger partial charge in [0.1, 0.15) is 11.9 Å². The van der Waals surface area contributed by atoms with Crippen molar-refractivity contribution < 1.29 is 9.47 Å². The maximum Gasteiger partial charge on any atom is 0.162 e. The lowest BCUT2D eigenvalue weighted by Gasteiger charge is -2.23. The molecule has 2 aliphatic rings. The van der Waals surface area contributed by atoms with Crippen LogP contribution in [0, 0.1) is 0 Å². The highest BCUT2D eigenvalue weighted by molar-refractivity contribution is 9.10. The topological polar surface area (TPSA) is 56.3 Å². The van der Waals surface area contributed by atoms with Gasteiger partial charge >= 0.3 is 0 Å². The van der Waals surface area contributed by atoms with E-state index in [1.165, 1.54) is 12.8 Å². The van der Waals surface area contributed by atoms with Crippen molar-refractivity contribution >= 4 is 21.7 Å². The molecule has 5 nitrogen and oxygen atoms in total. The fourth-order valence-electron chi connectivity index (χ4n) is 2.25. The second-order valence-corrected chi connectivity index (χ2v) is 6.06. The Hall–Kier alpha value is -0.720. The number of rotatable bonds is 5. The molecule has 1 unspecified atom stereocenters. The average molecular weight is 342 g/mol. The van der Waals surface area contributed by atoms with Crippen LogP contribution in [-0.2, 0) is 9.47 Å². The number of nitrogens with one attached hydrogen (secondary N) is 1. The van der Waals surface area contributed by atoms with Crippen LogP contribution in [-0.4, -0.2) is 36.3 Å². The van der Waals surface area contributed by atoms with E-state index in [2.05, 4.69) is 33.2 Å². The van der Waals surface area contributed by atoms with Crippen molar-refractivity contribution in [2.75, 3.05) is 31.7 Å². The highest BCUT2D eigenvalue weighted by Crippen LogP contribution is 2.44. The maximum atomic E-state index is 5.73. The first-order chi connectivity index (χ1) is 9.79. The molecule has 0 aromatic carbocycles. The summed E-state index contributed by atoms with van der Waals surface area (Å²) in [5.41, 5.74) is 1.11. The van der Waals surface area contributed by atoms with Crippen LogP contribution in [0.5, 0.6) is 0 Å². The second kappa shape index (κ2) is 6.37. The Morgan fingerprint density at radius 3 is 2.80 bits per heavy atom. The van der Waals surface area contributed by atoms with Crippen molar-refractivity contribution in [3.8, 4) is 0 Å². The first kappa shape index (κ1) is 14.2. The van der Waals surface area contributed by atoms with Gasteiger partial charge in [-0.3, -0.25) is 0 Å². The SMILES string of the molecule is CCCNc1nc(C2COCCO2)nc(C2CC2)c1Br. The second-order valence-electron chi connectivity index (χ2n) is 5.27. The number of anilines is 1. The van der Waals surface area contributed by atoms with Crippen molar-refractivity contribution in [2.45, 2.75) is 38.2 Å². The van der Waals surface area contributed by atoms with E-state index in [-0.39, 0.29) is 6.10 Å². The molecule has 1 aromatic heterocycles. The highest BCUT2D eigenvalue weighted by atomic mass is 79.9. The number of halogens is 1. The molecule has 1 saturated heterocycles. The van der Waals surface area contributed by atoms with Crippen molar-refractivity contribution in [1.29, 1.82) is 0 Å². The Morgan fingerprint density at radius 2 is 2.15 bits per heavy atom. The molecule has 3 rings (SSSR count). The van der Waals surface area contributed by atoms with Crippen LogP contribution in [0.15, 0.2) is 4.47 Å². The largest absolute Gasteiger partial charge is 0.376 e. The van der Waals surface area contributed by atoms with Crippen LogP contribution in [0.1, 0.15) is 49.7 Å². The van der Waals surface area contributed by atoms with Gasteiger partial charge in [0.25, 0.3) is 0 Å². The summed E-state index contributed by atoms with van der Waals surface area (Å²) in [5, 5.41) is 3.37. The van der Waals surface area contributed by atoms with E-state index in [1.807, 2.05) is 0 Å². The summed E-state index contributed by atoms with van der Waals surface area (Å²) in [6.45, 7) is 4.85. The summed E-state index contributed by atoms with van der Waals surface area (Å²) < 4.78 is 12.2. The summed E-state index contributed by atoms with van der Waals surface area (Å²) in [6, 6.07) is 0. The summed E-state index contributed by atoms with van der Waals surface area (Å²) in [6.07, 6.45) is 3.35. The standard InChI is InChI=1S/C14H20BrN3O2/c1-2-5-16-14-11(15)12(9-3-4-9)17-13(18-14)10-8-19-6-7-20-10/h9-10H,2-8H2,1H3,(H,16,17,18). The van der Waals surface area contributed by atoms with Gasteiger partial charge in [-0.05, 0) is 35.2 Å². The monoisotopic (exact) mass is 341 g/mol. The minimum atomic E-state index is -0.142. The third-order valence-corrected chi connectivity index (χ3v) is 4.29. The van der Waals surface area contributed by atoms with Crippen molar-refractivity contribution in [1.82, 2.24) is 9.97 Å². The number of hydrogen-bond acceptors (Lipinski definition) is 5. The molecule has 0 spiro atoms. The quantitative estimate of drug-likeness (QED) is 0.891. The Kier molecular flexibility index (Phi) is 4.53. The molecular weight excluding hydrogens is 322 g/mol. The smallest absolute Gasteiger partial charge is 0.162 e. The molecule has 2 fully saturated rings. The molecule has 20 heavy (non-hydrogen) atoms. The molecular formula is C14H20BrN3O2. The molecule has 0 radical (unpaired) electrons. The lowest BCUT2D eigenvalue weighted by atomic mass is 10.2. The van der Waals surface area contributed by atoms with E-state index < -0.39 is 0 Å². The highest BCUT2D eigenvalue weighted by Gasteiger charge is 2.31. The average Bonchev–Trinajstić information content (AvgIpc) is 3.32. The van der Waals surface area contributed by atoms with Gasteiger partial charge in [-0.1, -0.05) is 6.92 Å². The predicted molar refractivity (Wildman–Crippen MR) is 80.0 cm³/mol. The molecule has 1 atom stereocenters. The molecule has 0 amide bonds. The van der Waals surface area contributed by atoms with E-state index >= 15 is 0 Å². The summed E-state index contributed by atoms with van der Waals surface area (Å²) in [4.78, 5) is 9.35. The lowest BCUT2D eigenvalue weighted by Crippen LogP contribution is -2.24. The molecule has 1 saturated carbocycles. The fraction of sp³-hybridized carbons (Fsp3) is 0.714. The number of ether oxygens (including phenoxy) is 2. The molecule has 6 heteroatoms. The zero-order valence-corrected chi connectivity index (χ0v) is 13.3. The van der Waals surface area contributed by atoms with Gasteiger partial charge in [-0.2, -0.15) is 0 Å². The van der Waals surface area contributed by atoms with Crippen LogP contribution in [0.3, 0.4) is 0 Å². The molecule has 1 N–H and O–H groups in total. The molecule has 2 heterocycles. The van der Waals surface area contributed by atoms with Gasteiger partial charge in [0.15, 0.2) is 5.82 Å². The van der Waals surface area contributed by atoms with E-state index in [0.29, 0.717) is 25.7 Å². The molecule has 110 valence electrons. The van der Waals surface area contributed by atoms with Crippen LogP contribution >= 0.6 is 15.9 Å². The van der Waals surface area contributed by atoms with Crippen LogP contribution < -0.4 is 5.32 Å². The van der Waals surface area contributed by atoms with Gasteiger partial charge in [-0.25, -0.2) is 9.97 Å². The minimum Gasteiger partial charge on any atom is -0.376 e. The van der Waals surface area contributed by atoms with E-state index in [4.69, 9.17) is 14.5 Å². The number of hydrogen-bond donors (Lipinski definition) is 1. The zero-order chi connectivity index (χ0) is 13.9. The first-order valence-corrected chi connectivity index (χ1v) is 8.09. The molecule has 1 aliphatic carbocycles. The van der Waals surface area contributed by atoms with E-state index in [9.17, 15) is 0 Å². The lowest BCUT2D eigenvalue weighted by molar-refractivity contribution is -0.0935. The summed E-state index contributed by atoms with van der Waals surface area (Å²) >= 11 is 3.65. The van der Waals surface area contributed by atoms with E-state index in [1.54, 1.807) is 0 Å². The predicted octanol–water partition coefficient (Wildman–Crippen LogP) is 3.03. The normalized spacial score (nSPS) is 22.8. The molecule has 0 bridgehead atoms. The van der Waals surface area contributed by atoms with Crippen molar-refractivity contribution in [3.63, 3.8) is 0 Å². The van der Waals surface area contributed by atoms with Crippen molar-refractivity contribution in [2.24, 2.45) is 0 Å². The van der Waals surface area contributed by atoms with Gasteiger partial charge in [-0.15, -0.1) is 0 Å². The zero-order valence-electron chi connectivity index (χ0n) is 11.7. The fourth-order valence-corrected chi connectivity index (χ4v) is 2.89. The Morgan fingerprint density at radius 1 is 1.30 bits per heavy atom. The Labute approximate surface area is 127 Å². The van der Waals surface area contributed by atoms with Gasteiger partial charge < -0.3 is 14.8 Å². The summed E-state index contributed by atoms with van der Waals surface area (Å²) in [7, 11) is 0. The third kappa shape index (κ3) is 3.13. The van der Waals surface area contributed by atoms with Crippen LogP contribution in [0.2, 0.25) is 0 Å².